The largest absolute Gasteiger partial charge is 0.332 e. The fraction of sp³-hybridized carbons (Fsp3) is 0.286. The third kappa shape index (κ3) is 3.61. The topological polar surface area (TPSA) is 47.9 Å². The van der Waals surface area contributed by atoms with Gasteiger partial charge in [0.2, 0.25) is 5.91 Å². The average Bonchev–Trinajstić information content (AvgIpc) is 2.94. The van der Waals surface area contributed by atoms with Gasteiger partial charge in [-0.2, -0.15) is 5.10 Å². The van der Waals surface area contributed by atoms with E-state index in [9.17, 15) is 4.79 Å². The summed E-state index contributed by atoms with van der Waals surface area (Å²) in [6.45, 7) is 3.92. The van der Waals surface area contributed by atoms with E-state index in [1.165, 1.54) is 0 Å². The maximum absolute atomic E-state index is 13.1. The number of hydrazone groups is 1. The lowest BCUT2D eigenvalue weighted by atomic mass is 10.00. The minimum Gasteiger partial charge on any atom is -0.332 e. The minimum atomic E-state index is -0.787. The highest BCUT2D eigenvalue weighted by Gasteiger charge is 2.53. The Morgan fingerprint density at radius 2 is 1.86 bits per heavy atom. The Morgan fingerprint density at radius 1 is 1.17 bits per heavy atom. The highest BCUT2D eigenvalue weighted by molar-refractivity contribution is 7.80. The Balaban J connectivity index is 1.68. The summed E-state index contributed by atoms with van der Waals surface area (Å²) in [6, 6.07) is 14.6. The molecule has 2 aliphatic rings. The van der Waals surface area contributed by atoms with Crippen LogP contribution in [0.4, 0.5) is 11.4 Å². The van der Waals surface area contributed by atoms with Crippen LogP contribution in [-0.4, -0.2) is 39.1 Å². The maximum atomic E-state index is 13.1. The van der Waals surface area contributed by atoms with Crippen LogP contribution in [0.5, 0.6) is 0 Å². The van der Waals surface area contributed by atoms with E-state index < -0.39 is 5.38 Å². The number of amides is 1. The number of thiocarbonyl (C=S) groups is 1. The SMILES string of the molecule is CC1=NN(c2ccccc2Cl)C2C(Cl)C(=O)N(C(=S)Nc3ccccc3C)C2C1. The number of hydrogen-bond donors (Lipinski definition) is 1. The van der Waals surface area contributed by atoms with Gasteiger partial charge in [-0.3, -0.25) is 14.7 Å². The van der Waals surface area contributed by atoms with E-state index in [0.717, 1.165) is 22.6 Å². The number of fused-ring (bicyclic) bond motifs is 1. The van der Waals surface area contributed by atoms with Gasteiger partial charge in [0.05, 0.1) is 22.8 Å². The first kappa shape index (κ1) is 20.1. The van der Waals surface area contributed by atoms with E-state index in [0.29, 0.717) is 16.6 Å². The number of hydrogen-bond acceptors (Lipinski definition) is 4. The number of aryl methyl sites for hydroxylation is 1. The number of anilines is 2. The average molecular weight is 447 g/mol. The molecule has 1 fully saturated rings. The Morgan fingerprint density at radius 3 is 2.59 bits per heavy atom. The Bertz CT molecular complexity index is 1010. The fourth-order valence-electron chi connectivity index (χ4n) is 3.87. The molecule has 4 rings (SSSR count). The summed E-state index contributed by atoms with van der Waals surface area (Å²) < 4.78 is 0. The van der Waals surface area contributed by atoms with Gasteiger partial charge in [0.15, 0.2) is 5.11 Å². The van der Waals surface area contributed by atoms with Crippen LogP contribution < -0.4 is 10.3 Å². The van der Waals surface area contributed by atoms with Crippen molar-refractivity contribution in [2.45, 2.75) is 37.7 Å². The van der Waals surface area contributed by atoms with Crippen molar-refractivity contribution in [1.82, 2.24) is 4.90 Å². The predicted octanol–water partition coefficient (Wildman–Crippen LogP) is 4.82. The summed E-state index contributed by atoms with van der Waals surface area (Å²) in [5.41, 5.74) is 3.51. The molecule has 150 valence electrons. The molecule has 2 aromatic rings. The van der Waals surface area contributed by atoms with Crippen LogP contribution in [0.3, 0.4) is 0 Å². The lowest BCUT2D eigenvalue weighted by Gasteiger charge is -2.38. The smallest absolute Gasteiger partial charge is 0.249 e. The molecular weight excluding hydrogens is 427 g/mol. The molecule has 0 bridgehead atoms. The molecule has 5 nitrogen and oxygen atoms in total. The first-order valence-corrected chi connectivity index (χ1v) is 10.5. The summed E-state index contributed by atoms with van der Waals surface area (Å²) in [4.78, 5) is 14.7. The zero-order valence-electron chi connectivity index (χ0n) is 16.0. The lowest BCUT2D eigenvalue weighted by Crippen LogP contribution is -2.52. The summed E-state index contributed by atoms with van der Waals surface area (Å²) >= 11 is 18.7. The second-order valence-electron chi connectivity index (χ2n) is 7.25. The molecule has 3 atom stereocenters. The summed E-state index contributed by atoms with van der Waals surface area (Å²) in [7, 11) is 0. The van der Waals surface area contributed by atoms with Crippen LogP contribution in [0, 0.1) is 6.92 Å². The molecule has 2 heterocycles. The zero-order valence-corrected chi connectivity index (χ0v) is 18.3. The second-order valence-corrected chi connectivity index (χ2v) is 8.51. The summed E-state index contributed by atoms with van der Waals surface area (Å²) in [5, 5.41) is 9.77. The van der Waals surface area contributed by atoms with Gasteiger partial charge in [-0.1, -0.05) is 41.9 Å². The highest BCUT2D eigenvalue weighted by Crippen LogP contribution is 2.39. The number of benzene rings is 2. The van der Waals surface area contributed by atoms with Crippen LogP contribution in [0.1, 0.15) is 18.9 Å². The third-order valence-electron chi connectivity index (χ3n) is 5.27. The van der Waals surface area contributed by atoms with Gasteiger partial charge in [-0.25, -0.2) is 0 Å². The van der Waals surface area contributed by atoms with Crippen molar-refractivity contribution >= 4 is 63.5 Å². The first-order valence-electron chi connectivity index (χ1n) is 9.30. The van der Waals surface area contributed by atoms with E-state index in [2.05, 4.69) is 10.4 Å². The van der Waals surface area contributed by atoms with Crippen molar-refractivity contribution in [3.05, 3.63) is 59.1 Å². The van der Waals surface area contributed by atoms with Crippen LogP contribution in [0.25, 0.3) is 0 Å². The molecule has 8 heteroatoms. The number of para-hydroxylation sites is 2. The lowest BCUT2D eigenvalue weighted by molar-refractivity contribution is -0.124. The standard InChI is InChI=1S/C21H20Cl2N4OS/c1-12-7-3-5-9-15(12)24-21(29)26-17-11-13(2)25-27(19(17)18(23)20(26)28)16-10-6-4-8-14(16)22/h3-10,17-19H,11H2,1-2H3,(H,24,29). The van der Waals surface area contributed by atoms with Crippen molar-refractivity contribution in [2.24, 2.45) is 5.10 Å². The van der Waals surface area contributed by atoms with Gasteiger partial charge >= 0.3 is 0 Å². The Hall–Kier alpha value is -2.15. The van der Waals surface area contributed by atoms with Crippen LogP contribution >= 0.6 is 35.4 Å². The van der Waals surface area contributed by atoms with Crippen LogP contribution in [0.15, 0.2) is 53.6 Å². The molecule has 0 aliphatic carbocycles. The van der Waals surface area contributed by atoms with Crippen molar-refractivity contribution in [1.29, 1.82) is 0 Å². The Labute approximate surface area is 185 Å². The van der Waals surface area contributed by atoms with Crippen LogP contribution in [0.2, 0.25) is 5.02 Å². The number of carbonyl (C=O) groups is 1. The zero-order chi connectivity index (χ0) is 20.7. The summed E-state index contributed by atoms with van der Waals surface area (Å²) in [6.07, 6.45) is 0.593. The molecule has 2 aliphatic heterocycles. The molecule has 1 saturated heterocycles. The van der Waals surface area contributed by atoms with Gasteiger partial charge in [0, 0.05) is 17.8 Å². The van der Waals surface area contributed by atoms with Crippen LogP contribution in [-0.2, 0) is 4.79 Å². The number of nitrogens with one attached hydrogen (secondary N) is 1. The van der Waals surface area contributed by atoms with Gasteiger partial charge in [0.25, 0.3) is 0 Å². The Kier molecular flexibility index (Phi) is 5.51. The summed E-state index contributed by atoms with van der Waals surface area (Å²) in [5.74, 6) is -0.227. The number of nitrogens with zero attached hydrogens (tertiary/aromatic N) is 3. The molecule has 1 N–H and O–H groups in total. The molecule has 2 aromatic carbocycles. The molecule has 0 saturated carbocycles. The quantitative estimate of drug-likeness (QED) is 0.530. The minimum absolute atomic E-state index is 0.227. The number of halogens is 2. The molecule has 3 unspecified atom stereocenters. The normalized spacial score (nSPS) is 23.7. The van der Waals surface area contributed by atoms with E-state index in [4.69, 9.17) is 35.4 Å². The van der Waals surface area contributed by atoms with Crippen molar-refractivity contribution < 1.29 is 4.79 Å². The number of carbonyl (C=O) groups excluding carboxylic acids is 1. The third-order valence-corrected chi connectivity index (χ3v) is 6.33. The number of rotatable bonds is 2. The first-order chi connectivity index (χ1) is 13.9. The molecule has 0 aromatic heterocycles. The van der Waals surface area contributed by atoms with E-state index in [1.807, 2.05) is 56.3 Å². The molecule has 1 amide bonds. The van der Waals surface area contributed by atoms with Crippen molar-refractivity contribution in [2.75, 3.05) is 10.3 Å². The van der Waals surface area contributed by atoms with E-state index >= 15 is 0 Å². The number of likely N-dealkylation sites (tertiary alicyclic amines) is 1. The highest BCUT2D eigenvalue weighted by atomic mass is 35.5. The molecule has 0 spiro atoms. The van der Waals surface area contributed by atoms with Crippen molar-refractivity contribution in [3.63, 3.8) is 0 Å². The monoisotopic (exact) mass is 446 g/mol. The molecule has 0 radical (unpaired) electrons. The van der Waals surface area contributed by atoms with Crippen molar-refractivity contribution in [3.8, 4) is 0 Å². The van der Waals surface area contributed by atoms with Gasteiger partial charge in [0.1, 0.15) is 5.38 Å². The fourth-order valence-corrected chi connectivity index (χ4v) is 4.81. The van der Waals surface area contributed by atoms with Gasteiger partial charge in [-0.05, 0) is 49.8 Å². The van der Waals surface area contributed by atoms with Gasteiger partial charge in [-0.15, -0.1) is 11.6 Å². The maximum Gasteiger partial charge on any atom is 0.249 e. The molecular formula is C21H20Cl2N4OS. The molecule has 29 heavy (non-hydrogen) atoms. The second kappa shape index (κ2) is 7.94. The van der Waals surface area contributed by atoms with E-state index in [-0.39, 0.29) is 18.0 Å². The predicted molar refractivity (Wildman–Crippen MR) is 123 cm³/mol. The number of alkyl halides is 1. The van der Waals surface area contributed by atoms with E-state index in [1.54, 1.807) is 16.0 Å². The van der Waals surface area contributed by atoms with Gasteiger partial charge < -0.3 is 5.32 Å².